The monoisotopic (exact) mass is 214 g/mol. The maximum atomic E-state index is 9.10. The fraction of sp³-hybridized carbons (Fsp3) is 0. The fourth-order valence-corrected chi connectivity index (χ4v) is 0. The number of aliphatic carboxylic acids is 2. The van der Waals surface area contributed by atoms with Crippen molar-refractivity contribution in [3.8, 4) is 0 Å². The van der Waals surface area contributed by atoms with Gasteiger partial charge in [0.2, 0.25) is 0 Å². The van der Waals surface area contributed by atoms with E-state index < -0.39 is 19.8 Å². The van der Waals surface area contributed by atoms with E-state index in [1.165, 1.54) is 0 Å². The predicted molar refractivity (Wildman–Crippen MR) is 29.5 cm³/mol. The molecular weight excluding hydrogens is 209 g/mol. The minimum absolute atomic E-state index is 0. The molecule has 0 aromatic carbocycles. The molecule has 5 N–H and O–H groups in total. The van der Waals surface area contributed by atoms with Crippen molar-refractivity contribution in [3.05, 3.63) is 0 Å². The average Bonchev–Trinajstić information content (AvgIpc) is 1.59. The molecule has 0 heterocycles. The van der Waals surface area contributed by atoms with Crippen LogP contribution in [-0.4, -0.2) is 36.8 Å². The number of hydrogen-bond acceptors (Lipinski definition) is 3. The van der Waals surface area contributed by atoms with Crippen LogP contribution in [0.1, 0.15) is 0 Å². The normalized spacial score (nSPS) is 7.92. The summed E-state index contributed by atoms with van der Waals surface area (Å²) in [5, 5.41) is 14.8. The Morgan fingerprint density at radius 1 is 0.923 bits per heavy atom. The summed E-state index contributed by atoms with van der Waals surface area (Å²) in [7, 11) is -4.64. The Bertz CT molecular complexity index is 178. The molecule has 0 unspecified atom stereocenters. The van der Waals surface area contributed by atoms with Crippen molar-refractivity contribution in [3.63, 3.8) is 0 Å². The number of halogens is 1. The largest absolute Gasteiger partial charge is 1.00 e. The third kappa shape index (κ3) is 83.0. The Kier molecular flexibility index (Phi) is 17.0. The van der Waals surface area contributed by atoms with Crippen LogP contribution in [0, 0.1) is 0 Å². The molecule has 74 valence electrons. The molecule has 0 rings (SSSR count). The van der Waals surface area contributed by atoms with E-state index in [1.54, 1.807) is 0 Å². The molecular formula is C2H5FLiO8P. The molecule has 0 radical (unpaired) electrons. The second-order valence-corrected chi connectivity index (χ2v) is 2.15. The summed E-state index contributed by atoms with van der Waals surface area (Å²) >= 11 is 0. The van der Waals surface area contributed by atoms with Crippen LogP contribution in [0.15, 0.2) is 0 Å². The Morgan fingerprint density at radius 2 is 1.00 bits per heavy atom. The average molecular weight is 214 g/mol. The van der Waals surface area contributed by atoms with E-state index in [0.29, 0.717) is 0 Å². The summed E-state index contributed by atoms with van der Waals surface area (Å²) in [4.78, 5) is 39.8. The first-order valence-electron chi connectivity index (χ1n) is 1.89. The van der Waals surface area contributed by atoms with E-state index in [-0.39, 0.29) is 23.6 Å². The van der Waals surface area contributed by atoms with Gasteiger partial charge in [-0.25, -0.2) is 14.2 Å². The summed E-state index contributed by atoms with van der Waals surface area (Å²) in [6.07, 6.45) is 0. The number of rotatable bonds is 0. The van der Waals surface area contributed by atoms with Crippen LogP contribution >= 0.6 is 7.82 Å². The molecule has 0 atom stereocenters. The zero-order chi connectivity index (χ0) is 9.65. The quantitative estimate of drug-likeness (QED) is 0.151. The third-order valence-corrected chi connectivity index (χ3v) is 0.183. The van der Waals surface area contributed by atoms with Gasteiger partial charge in [0.25, 0.3) is 0 Å². The number of hydrogen-bond donors (Lipinski definition) is 5. The molecule has 0 saturated heterocycles. The van der Waals surface area contributed by atoms with Crippen LogP contribution in [-0.2, 0) is 14.2 Å². The Labute approximate surface area is 83.0 Å². The first-order valence-corrected chi connectivity index (χ1v) is 3.45. The molecule has 0 aliphatic heterocycles. The van der Waals surface area contributed by atoms with E-state index in [2.05, 4.69) is 0 Å². The second kappa shape index (κ2) is 9.66. The van der Waals surface area contributed by atoms with Crippen LogP contribution in [0.3, 0.4) is 0 Å². The van der Waals surface area contributed by atoms with E-state index in [1.807, 2.05) is 0 Å². The Morgan fingerprint density at radius 3 is 1.00 bits per heavy atom. The van der Waals surface area contributed by atoms with Crippen LogP contribution in [0.5, 0.6) is 0 Å². The molecule has 0 saturated carbocycles. The van der Waals surface area contributed by atoms with Crippen molar-refractivity contribution in [2.45, 2.75) is 0 Å². The molecule has 0 aliphatic carbocycles. The van der Waals surface area contributed by atoms with Gasteiger partial charge in [-0.2, -0.15) is 0 Å². The maximum absolute atomic E-state index is 9.10. The van der Waals surface area contributed by atoms with Gasteiger partial charge in [0.1, 0.15) is 0 Å². The predicted octanol–water partition coefficient (Wildman–Crippen LogP) is -7.76. The molecule has 0 fully saturated rings. The minimum atomic E-state index is -4.64. The Hall–Kier alpha value is -0.423. The molecule has 0 bridgehead atoms. The van der Waals surface area contributed by atoms with Crippen LogP contribution in [0.4, 0.5) is 0 Å². The van der Waals surface area contributed by atoms with Crippen molar-refractivity contribution in [1.82, 2.24) is 0 Å². The smallest absolute Gasteiger partial charge is 1.00 e. The fourth-order valence-electron chi connectivity index (χ4n) is 0. The van der Waals surface area contributed by atoms with Gasteiger partial charge in [-0.15, -0.1) is 0 Å². The number of phosphoric acid groups is 1. The Balaban J connectivity index is -0.0000000546. The first-order chi connectivity index (χ1) is 4.64. The molecule has 0 spiro atoms. The van der Waals surface area contributed by atoms with Crippen LogP contribution in [0.2, 0.25) is 0 Å². The molecule has 0 aromatic heterocycles. The van der Waals surface area contributed by atoms with Crippen molar-refractivity contribution >= 4 is 19.8 Å². The molecule has 0 amide bonds. The van der Waals surface area contributed by atoms with Gasteiger partial charge in [0.15, 0.2) is 0 Å². The summed E-state index contributed by atoms with van der Waals surface area (Å²) < 4.78 is 8.88. The van der Waals surface area contributed by atoms with E-state index in [9.17, 15) is 0 Å². The van der Waals surface area contributed by atoms with Gasteiger partial charge >= 0.3 is 38.6 Å². The van der Waals surface area contributed by atoms with Gasteiger partial charge in [-0.1, -0.05) is 0 Å². The molecule has 13 heavy (non-hydrogen) atoms. The second-order valence-electron chi connectivity index (χ2n) is 1.12. The van der Waals surface area contributed by atoms with Gasteiger partial charge in [-0.05, 0) is 0 Å². The van der Waals surface area contributed by atoms with Crippen molar-refractivity contribution in [1.29, 1.82) is 0 Å². The maximum Gasteiger partial charge on any atom is 1.00 e. The van der Waals surface area contributed by atoms with Crippen molar-refractivity contribution in [2.75, 3.05) is 0 Å². The molecule has 0 aromatic rings. The zero-order valence-corrected chi connectivity index (χ0v) is 7.18. The van der Waals surface area contributed by atoms with Crippen LogP contribution < -0.4 is 23.6 Å². The zero-order valence-electron chi connectivity index (χ0n) is 6.29. The summed E-state index contributed by atoms with van der Waals surface area (Å²) in [6, 6.07) is 0. The molecule has 8 nitrogen and oxygen atoms in total. The SMILES string of the molecule is O=C(O)C(=O)O.O=P(O)(O)O.[F-].[Li+]. The summed E-state index contributed by atoms with van der Waals surface area (Å²) in [5.41, 5.74) is 0. The third-order valence-electron chi connectivity index (χ3n) is 0.183. The van der Waals surface area contributed by atoms with E-state index >= 15 is 0 Å². The number of carboxylic acid groups (broad SMARTS) is 2. The van der Waals surface area contributed by atoms with Crippen molar-refractivity contribution in [2.24, 2.45) is 0 Å². The van der Waals surface area contributed by atoms with Gasteiger partial charge < -0.3 is 29.6 Å². The van der Waals surface area contributed by atoms with Crippen molar-refractivity contribution < 1.29 is 62.6 Å². The van der Waals surface area contributed by atoms with E-state index in [4.69, 9.17) is 39.0 Å². The van der Waals surface area contributed by atoms with E-state index in [0.717, 1.165) is 0 Å². The van der Waals surface area contributed by atoms with Crippen LogP contribution in [0.25, 0.3) is 0 Å². The first kappa shape index (κ1) is 22.9. The molecule has 0 aliphatic rings. The summed E-state index contributed by atoms with van der Waals surface area (Å²) in [5.74, 6) is -3.65. The number of carboxylic acids is 2. The molecule has 11 heteroatoms. The summed E-state index contributed by atoms with van der Waals surface area (Å²) in [6.45, 7) is 0. The standard InChI is InChI=1S/C2H2O4.FH.Li.H3O4P/c3-1(4)2(5)6;;;1-5(2,3)4/h(H,3,4)(H,5,6);1H;;(H3,1,2,3,4)/q;;+1;/p-1. The van der Waals surface area contributed by atoms with Gasteiger partial charge in [-0.3, -0.25) is 0 Å². The topological polar surface area (TPSA) is 152 Å². The van der Waals surface area contributed by atoms with Gasteiger partial charge in [0.05, 0.1) is 0 Å². The van der Waals surface area contributed by atoms with Gasteiger partial charge in [0, 0.05) is 0 Å². The number of carbonyl (C=O) groups is 2. The minimum Gasteiger partial charge on any atom is -1.00 e.